The Morgan fingerprint density at radius 3 is 1.61 bits per heavy atom. The molecule has 0 heterocycles. The molecule has 0 aromatic heterocycles. The fourth-order valence-electron chi connectivity index (χ4n) is 4.47. The van der Waals surface area contributed by atoms with Crippen LogP contribution in [-0.2, 0) is 30.4 Å². The molecule has 3 aromatic rings. The lowest BCUT2D eigenvalue weighted by atomic mass is 10.1. The number of nitrogen functional groups attached to an aromatic ring is 1. The second-order valence-corrected chi connectivity index (χ2v) is 11.6. The summed E-state index contributed by atoms with van der Waals surface area (Å²) in [5.41, 5.74) is 9.45. The Morgan fingerprint density at radius 1 is 0.653 bits per heavy atom. The van der Waals surface area contributed by atoms with Crippen LogP contribution in [0.1, 0.15) is 96.2 Å². The van der Waals surface area contributed by atoms with Crippen LogP contribution in [0.25, 0.3) is 0 Å². The van der Waals surface area contributed by atoms with Gasteiger partial charge in [0.25, 0.3) is 0 Å². The molecule has 3 rings (SSSR count). The molecule has 2 atom stereocenters. The van der Waals surface area contributed by atoms with E-state index in [9.17, 15) is 29.4 Å². The summed E-state index contributed by atoms with van der Waals surface area (Å²) in [5, 5.41) is 18.6. The van der Waals surface area contributed by atoms with Crippen LogP contribution in [0.5, 0.6) is 5.75 Å². The number of anilines is 1. The molecule has 0 aliphatic carbocycles. The summed E-state index contributed by atoms with van der Waals surface area (Å²) in [4.78, 5) is 47.3. The van der Waals surface area contributed by atoms with Gasteiger partial charge >= 0.3 is 23.9 Å². The highest BCUT2D eigenvalue weighted by Crippen LogP contribution is 2.23. The number of unbranched alkanes of at least 4 members (excludes halogenated alkanes) is 5. The number of carboxylic acids is 2. The average Bonchev–Trinajstić information content (AvgIpc) is 3.07. The van der Waals surface area contributed by atoms with E-state index in [1.807, 2.05) is 18.2 Å². The summed E-state index contributed by atoms with van der Waals surface area (Å²) in [6.07, 6.45) is 4.23. The summed E-state index contributed by atoms with van der Waals surface area (Å²) in [5.74, 6) is -4.71. The van der Waals surface area contributed by atoms with Crippen molar-refractivity contribution in [2.45, 2.75) is 91.5 Å². The number of benzene rings is 3. The number of hydrogen-bond acceptors (Lipinski definition) is 9. The van der Waals surface area contributed by atoms with E-state index in [0.717, 1.165) is 54.2 Å². The van der Waals surface area contributed by atoms with Gasteiger partial charge in [-0.25, -0.2) is 19.2 Å². The molecule has 0 saturated heterocycles. The van der Waals surface area contributed by atoms with Gasteiger partial charge in [-0.15, -0.1) is 0 Å². The molecule has 3 aromatic carbocycles. The van der Waals surface area contributed by atoms with Crippen LogP contribution in [0, 0.1) is 13.8 Å². The monoisotopic (exact) mass is 679 g/mol. The highest BCUT2D eigenvalue weighted by Gasteiger charge is 2.41. The molecule has 0 aliphatic rings. The first kappa shape index (κ1) is 40.3. The van der Waals surface area contributed by atoms with Gasteiger partial charge in [-0.05, 0) is 69.2 Å². The Kier molecular flexibility index (Phi) is 18.0. The van der Waals surface area contributed by atoms with Crippen molar-refractivity contribution in [2.75, 3.05) is 18.9 Å². The minimum absolute atomic E-state index is 0.0332. The van der Waals surface area contributed by atoms with Crippen molar-refractivity contribution in [3.8, 4) is 5.75 Å². The molecule has 11 nitrogen and oxygen atoms in total. The third-order valence-electron chi connectivity index (χ3n) is 7.25. The average molecular weight is 680 g/mol. The topological polar surface area (TPSA) is 172 Å². The Labute approximate surface area is 288 Å². The van der Waals surface area contributed by atoms with E-state index >= 15 is 0 Å². The molecule has 266 valence electrons. The smallest absolute Gasteiger partial charge is 0.349 e. The lowest BCUT2D eigenvalue weighted by molar-refractivity contribution is -0.166. The minimum atomic E-state index is -2.22. The molecular formula is C38H49NO10. The van der Waals surface area contributed by atoms with Gasteiger partial charge in [0.15, 0.2) is 0 Å². The van der Waals surface area contributed by atoms with Crippen LogP contribution in [0.2, 0.25) is 0 Å². The largest absolute Gasteiger partial charge is 0.493 e. The zero-order valence-electron chi connectivity index (χ0n) is 28.8. The number of carbonyl (C=O) groups excluding carboxylic acids is 2. The van der Waals surface area contributed by atoms with E-state index < -0.39 is 36.1 Å². The van der Waals surface area contributed by atoms with Gasteiger partial charge in [0.2, 0.25) is 12.2 Å². The van der Waals surface area contributed by atoms with Crippen LogP contribution in [0.3, 0.4) is 0 Å². The van der Waals surface area contributed by atoms with Crippen LogP contribution in [-0.4, -0.2) is 59.5 Å². The zero-order valence-corrected chi connectivity index (χ0v) is 28.8. The lowest BCUT2D eigenvalue weighted by Crippen LogP contribution is -2.45. The second kappa shape index (κ2) is 21.9. The number of aryl methyl sites for hydroxylation is 2. The van der Waals surface area contributed by atoms with Crippen LogP contribution in [0.15, 0.2) is 66.7 Å². The number of ether oxygens (including phenoxy) is 4. The Balaban J connectivity index is 0.000000355. The van der Waals surface area contributed by atoms with Crippen molar-refractivity contribution in [3.05, 3.63) is 94.5 Å². The molecule has 0 radical (unpaired) electrons. The maximum absolute atomic E-state index is 12.2. The maximum atomic E-state index is 12.2. The first-order chi connectivity index (χ1) is 23.5. The molecule has 0 fully saturated rings. The van der Waals surface area contributed by atoms with Gasteiger partial charge in [-0.3, -0.25) is 0 Å². The molecule has 0 amide bonds. The van der Waals surface area contributed by atoms with E-state index in [1.54, 1.807) is 38.1 Å². The van der Waals surface area contributed by atoms with Gasteiger partial charge in [-0.2, -0.15) is 0 Å². The van der Waals surface area contributed by atoms with Crippen molar-refractivity contribution < 1.29 is 48.3 Å². The highest BCUT2D eigenvalue weighted by atomic mass is 16.6. The predicted octanol–water partition coefficient (Wildman–Crippen LogP) is 7.16. The number of rotatable bonds is 19. The van der Waals surface area contributed by atoms with Gasteiger partial charge in [-0.1, -0.05) is 81.3 Å². The van der Waals surface area contributed by atoms with Crippen molar-refractivity contribution in [2.24, 2.45) is 0 Å². The molecule has 4 N–H and O–H groups in total. The first-order valence-corrected chi connectivity index (χ1v) is 16.6. The summed E-state index contributed by atoms with van der Waals surface area (Å²) in [7, 11) is 0. The van der Waals surface area contributed by atoms with Crippen molar-refractivity contribution >= 4 is 29.6 Å². The quantitative estimate of drug-likeness (QED) is 0.0667. The van der Waals surface area contributed by atoms with Crippen LogP contribution >= 0.6 is 0 Å². The second-order valence-electron chi connectivity index (χ2n) is 11.6. The number of hydrogen-bond donors (Lipinski definition) is 3. The Bertz CT molecular complexity index is 1400. The van der Waals surface area contributed by atoms with Gasteiger partial charge < -0.3 is 34.9 Å². The van der Waals surface area contributed by atoms with E-state index in [0.29, 0.717) is 6.61 Å². The summed E-state index contributed by atoms with van der Waals surface area (Å²) >= 11 is 0. The molecule has 0 aliphatic heterocycles. The molecule has 49 heavy (non-hydrogen) atoms. The van der Waals surface area contributed by atoms with E-state index in [2.05, 4.69) is 13.8 Å². The van der Waals surface area contributed by atoms with E-state index in [4.69, 9.17) is 24.7 Å². The molecule has 2 unspecified atom stereocenters. The summed E-state index contributed by atoms with van der Waals surface area (Å²) in [6, 6.07) is 17.9. The molecule has 0 saturated carbocycles. The fraction of sp³-hybridized carbons (Fsp3) is 0.421. The maximum Gasteiger partial charge on any atom is 0.349 e. The normalized spacial score (nSPS) is 11.8. The third-order valence-corrected chi connectivity index (χ3v) is 7.25. The minimum Gasteiger partial charge on any atom is -0.493 e. The van der Waals surface area contributed by atoms with Crippen LogP contribution < -0.4 is 10.5 Å². The first-order valence-electron chi connectivity index (χ1n) is 16.6. The fourth-order valence-corrected chi connectivity index (χ4v) is 4.47. The standard InChI is InChI=1S/C20H18O8.C18H31NO2/c1-11-3-7-13(8-4-11)19(25)27-15(17(21)22)16(18(23)24)28-20(26)14-9-5-12(2)6-10-14;1-3-5-6-7-8-9-13-21-18-11-10-17(19)14-16(18)15-20-12-4-2/h3-10,15-16H,1-2H3,(H,21,22)(H,23,24);10-11,14H,3-9,12-13,15,19H2,1-2H3. The number of carbonyl (C=O) groups is 4. The van der Waals surface area contributed by atoms with Crippen LogP contribution in [0.4, 0.5) is 5.69 Å². The lowest BCUT2D eigenvalue weighted by Gasteiger charge is -2.21. The predicted molar refractivity (Wildman–Crippen MR) is 186 cm³/mol. The van der Waals surface area contributed by atoms with E-state index in [-0.39, 0.29) is 11.1 Å². The van der Waals surface area contributed by atoms with Gasteiger partial charge in [0.1, 0.15) is 5.75 Å². The van der Waals surface area contributed by atoms with E-state index in [1.165, 1.54) is 56.4 Å². The number of esters is 2. The number of carboxylic acid groups (broad SMARTS) is 2. The highest BCUT2D eigenvalue weighted by molar-refractivity contribution is 5.95. The number of aliphatic carboxylic acids is 2. The van der Waals surface area contributed by atoms with Gasteiger partial charge in [0.05, 0.1) is 24.3 Å². The molecule has 0 spiro atoms. The van der Waals surface area contributed by atoms with Crippen molar-refractivity contribution in [3.63, 3.8) is 0 Å². The Morgan fingerprint density at radius 2 is 1.14 bits per heavy atom. The molecule has 0 bridgehead atoms. The zero-order chi connectivity index (χ0) is 36.2. The van der Waals surface area contributed by atoms with Crippen molar-refractivity contribution in [1.29, 1.82) is 0 Å². The van der Waals surface area contributed by atoms with Crippen molar-refractivity contribution in [1.82, 2.24) is 0 Å². The number of nitrogens with two attached hydrogens (primary N) is 1. The Hall–Kier alpha value is -4.90. The summed E-state index contributed by atoms with van der Waals surface area (Å²) < 4.78 is 21.1. The van der Waals surface area contributed by atoms with Gasteiger partial charge in [0, 0.05) is 17.9 Å². The molecule has 11 heteroatoms. The third kappa shape index (κ3) is 14.8. The SMILES string of the molecule is CCCCCCCCOc1ccc(N)cc1COCCC.Cc1ccc(C(=O)OC(C(=O)O)C(OC(=O)c2ccc(C)cc2)C(=O)O)cc1. The molecular weight excluding hydrogens is 630 g/mol. The summed E-state index contributed by atoms with van der Waals surface area (Å²) in [6.45, 7) is 10.1.